The van der Waals surface area contributed by atoms with Crippen molar-refractivity contribution in [2.45, 2.75) is 59.9 Å². The molecule has 0 atom stereocenters. The quantitative estimate of drug-likeness (QED) is 0.864. The number of hydrogen-bond donors (Lipinski definition) is 1. The third kappa shape index (κ3) is 6.07. The summed E-state index contributed by atoms with van der Waals surface area (Å²) in [7, 11) is 0. The summed E-state index contributed by atoms with van der Waals surface area (Å²) in [5, 5.41) is 3.55. The van der Waals surface area contributed by atoms with Gasteiger partial charge in [-0.05, 0) is 52.1 Å². The first-order valence-electron chi connectivity index (χ1n) is 9.30. The van der Waals surface area contributed by atoms with Crippen LogP contribution in [0.5, 0.6) is 0 Å². The lowest BCUT2D eigenvalue weighted by Crippen LogP contribution is -2.57. The van der Waals surface area contributed by atoms with Gasteiger partial charge in [0.05, 0.1) is 0 Å². The fraction of sp³-hybridized carbons (Fsp3) is 0.947. The molecule has 2 saturated heterocycles. The molecule has 0 saturated carbocycles. The number of rotatable bonds is 4. The highest BCUT2D eigenvalue weighted by molar-refractivity contribution is 5.79. The van der Waals surface area contributed by atoms with Gasteiger partial charge < -0.3 is 15.1 Å². The molecule has 0 aromatic carbocycles. The minimum atomic E-state index is 0.171. The highest BCUT2D eigenvalue weighted by atomic mass is 16.2. The Morgan fingerprint density at radius 2 is 1.61 bits per heavy atom. The minimum Gasteiger partial charge on any atom is -0.342 e. The van der Waals surface area contributed by atoms with Crippen LogP contribution in [-0.2, 0) is 4.79 Å². The summed E-state index contributed by atoms with van der Waals surface area (Å²) in [4.78, 5) is 17.2. The van der Waals surface area contributed by atoms with Crippen LogP contribution in [0.15, 0.2) is 0 Å². The molecule has 2 fully saturated rings. The van der Waals surface area contributed by atoms with Crippen LogP contribution in [-0.4, -0.2) is 60.5 Å². The van der Waals surface area contributed by atoms with Crippen LogP contribution in [0, 0.1) is 17.3 Å². The second kappa shape index (κ2) is 7.10. The molecule has 0 unspecified atom stereocenters. The van der Waals surface area contributed by atoms with Gasteiger partial charge in [0, 0.05) is 43.6 Å². The van der Waals surface area contributed by atoms with E-state index in [0.29, 0.717) is 17.2 Å². The van der Waals surface area contributed by atoms with E-state index in [2.05, 4.69) is 56.7 Å². The summed E-state index contributed by atoms with van der Waals surface area (Å²) >= 11 is 0. The molecule has 134 valence electrons. The molecule has 2 aliphatic rings. The van der Waals surface area contributed by atoms with Crippen molar-refractivity contribution in [3.05, 3.63) is 0 Å². The standard InChI is InChI=1S/C19H37N3O/c1-18(2,3)14-21-9-7-16(8-10-21)17(23)22-12-15(13-22)11-20-19(4,5)6/h15-16,20H,7-14H2,1-6H3. The van der Waals surface area contributed by atoms with Crippen LogP contribution in [0.25, 0.3) is 0 Å². The fourth-order valence-electron chi connectivity index (χ4n) is 3.60. The number of amides is 1. The van der Waals surface area contributed by atoms with Gasteiger partial charge in [-0.2, -0.15) is 0 Å². The largest absolute Gasteiger partial charge is 0.342 e. The van der Waals surface area contributed by atoms with Gasteiger partial charge in [0.2, 0.25) is 5.91 Å². The lowest BCUT2D eigenvalue weighted by atomic mass is 9.89. The topological polar surface area (TPSA) is 35.6 Å². The van der Waals surface area contributed by atoms with Crippen molar-refractivity contribution < 1.29 is 4.79 Å². The predicted octanol–water partition coefficient (Wildman–Crippen LogP) is 2.59. The van der Waals surface area contributed by atoms with E-state index in [9.17, 15) is 4.79 Å². The molecule has 0 aromatic rings. The molecule has 0 aromatic heterocycles. The van der Waals surface area contributed by atoms with Gasteiger partial charge in [-0.1, -0.05) is 20.8 Å². The average Bonchev–Trinajstić information content (AvgIpc) is 2.34. The summed E-state index contributed by atoms with van der Waals surface area (Å²) in [5.74, 6) is 1.31. The lowest BCUT2D eigenvalue weighted by Gasteiger charge is -2.44. The average molecular weight is 324 g/mol. The predicted molar refractivity (Wildman–Crippen MR) is 96.4 cm³/mol. The second-order valence-corrected chi connectivity index (χ2v) is 9.85. The Morgan fingerprint density at radius 1 is 1.04 bits per heavy atom. The van der Waals surface area contributed by atoms with E-state index < -0.39 is 0 Å². The van der Waals surface area contributed by atoms with Gasteiger partial charge in [0.15, 0.2) is 0 Å². The molecule has 2 heterocycles. The van der Waals surface area contributed by atoms with Crippen molar-refractivity contribution in [3.63, 3.8) is 0 Å². The smallest absolute Gasteiger partial charge is 0.225 e. The monoisotopic (exact) mass is 323 g/mol. The molecule has 1 N–H and O–H groups in total. The Labute approximate surface area is 143 Å². The molecule has 0 spiro atoms. The molecule has 2 rings (SSSR count). The van der Waals surface area contributed by atoms with Crippen molar-refractivity contribution in [2.75, 3.05) is 39.3 Å². The molecule has 2 aliphatic heterocycles. The van der Waals surface area contributed by atoms with E-state index >= 15 is 0 Å². The molecule has 0 bridgehead atoms. The van der Waals surface area contributed by atoms with E-state index in [-0.39, 0.29) is 11.5 Å². The molecular formula is C19H37N3O. The maximum atomic E-state index is 12.6. The van der Waals surface area contributed by atoms with E-state index in [1.807, 2.05) is 0 Å². The highest BCUT2D eigenvalue weighted by Gasteiger charge is 2.36. The van der Waals surface area contributed by atoms with Crippen LogP contribution < -0.4 is 5.32 Å². The first kappa shape index (κ1) is 18.7. The van der Waals surface area contributed by atoms with Crippen LogP contribution >= 0.6 is 0 Å². The Bertz CT molecular complexity index is 394. The van der Waals surface area contributed by atoms with Gasteiger partial charge in [-0.15, -0.1) is 0 Å². The zero-order valence-electron chi connectivity index (χ0n) is 16.1. The van der Waals surface area contributed by atoms with E-state index in [4.69, 9.17) is 0 Å². The van der Waals surface area contributed by atoms with Crippen molar-refractivity contribution in [2.24, 2.45) is 17.3 Å². The van der Waals surface area contributed by atoms with Crippen LogP contribution in [0.3, 0.4) is 0 Å². The normalized spacial score (nSPS) is 22.3. The first-order valence-corrected chi connectivity index (χ1v) is 9.30. The van der Waals surface area contributed by atoms with Gasteiger partial charge in [0.1, 0.15) is 0 Å². The third-order valence-electron chi connectivity index (χ3n) is 4.82. The Balaban J connectivity index is 1.67. The molecular weight excluding hydrogens is 286 g/mol. The van der Waals surface area contributed by atoms with Gasteiger partial charge in [0.25, 0.3) is 0 Å². The van der Waals surface area contributed by atoms with E-state index in [0.717, 1.165) is 52.1 Å². The lowest BCUT2D eigenvalue weighted by molar-refractivity contribution is -0.143. The van der Waals surface area contributed by atoms with Crippen molar-refractivity contribution in [3.8, 4) is 0 Å². The van der Waals surface area contributed by atoms with Gasteiger partial charge in [-0.25, -0.2) is 0 Å². The third-order valence-corrected chi connectivity index (χ3v) is 4.82. The summed E-state index contributed by atoms with van der Waals surface area (Å²) < 4.78 is 0. The molecule has 0 aliphatic carbocycles. The number of nitrogens with one attached hydrogen (secondary N) is 1. The second-order valence-electron chi connectivity index (χ2n) is 9.85. The maximum Gasteiger partial charge on any atom is 0.225 e. The highest BCUT2D eigenvalue weighted by Crippen LogP contribution is 2.26. The summed E-state index contributed by atoms with van der Waals surface area (Å²) in [6.07, 6.45) is 2.08. The first-order chi connectivity index (χ1) is 10.5. The zero-order valence-corrected chi connectivity index (χ0v) is 16.1. The molecule has 4 heteroatoms. The van der Waals surface area contributed by atoms with Crippen LogP contribution in [0.2, 0.25) is 0 Å². The van der Waals surface area contributed by atoms with Crippen LogP contribution in [0.1, 0.15) is 54.4 Å². The Kier molecular flexibility index (Phi) is 5.78. The minimum absolute atomic E-state index is 0.171. The fourth-order valence-corrected chi connectivity index (χ4v) is 3.60. The van der Waals surface area contributed by atoms with E-state index in [1.54, 1.807) is 0 Å². The SMILES string of the molecule is CC(C)(C)CN1CCC(C(=O)N2CC(CNC(C)(C)C)C2)CC1. The molecule has 0 radical (unpaired) electrons. The number of hydrogen-bond acceptors (Lipinski definition) is 3. The van der Waals surface area contributed by atoms with Crippen molar-refractivity contribution in [1.29, 1.82) is 0 Å². The maximum absolute atomic E-state index is 12.6. The summed E-state index contributed by atoms with van der Waals surface area (Å²) in [5.41, 5.74) is 0.520. The van der Waals surface area contributed by atoms with Crippen molar-refractivity contribution in [1.82, 2.24) is 15.1 Å². The van der Waals surface area contributed by atoms with Crippen molar-refractivity contribution >= 4 is 5.91 Å². The Morgan fingerprint density at radius 3 is 2.09 bits per heavy atom. The zero-order chi connectivity index (χ0) is 17.3. The van der Waals surface area contributed by atoms with Gasteiger partial charge >= 0.3 is 0 Å². The molecule has 23 heavy (non-hydrogen) atoms. The van der Waals surface area contributed by atoms with Gasteiger partial charge in [-0.3, -0.25) is 4.79 Å². The molecule has 4 nitrogen and oxygen atoms in total. The van der Waals surface area contributed by atoms with Crippen LogP contribution in [0.4, 0.5) is 0 Å². The number of likely N-dealkylation sites (tertiary alicyclic amines) is 2. The van der Waals surface area contributed by atoms with E-state index in [1.165, 1.54) is 0 Å². The summed E-state index contributed by atoms with van der Waals surface area (Å²) in [6, 6.07) is 0. The number of carbonyl (C=O) groups excluding carboxylic acids is 1. The Hall–Kier alpha value is -0.610. The summed E-state index contributed by atoms with van der Waals surface area (Å²) in [6.45, 7) is 19.7. The molecule has 1 amide bonds. The number of carbonyl (C=O) groups is 1. The number of nitrogens with zero attached hydrogens (tertiary/aromatic N) is 2. The number of piperidine rings is 1.